The average molecular weight is 561 g/mol. The molecule has 6 atom stereocenters. The largest absolute Gasteiger partial charge is 0.508 e. The summed E-state index contributed by atoms with van der Waals surface area (Å²) >= 11 is 0. The molecule has 13 heteroatoms. The lowest BCUT2D eigenvalue weighted by Gasteiger charge is -2.54. The van der Waals surface area contributed by atoms with Crippen molar-refractivity contribution in [1.29, 1.82) is 0 Å². The van der Waals surface area contributed by atoms with Crippen molar-refractivity contribution in [2.75, 3.05) is 13.2 Å². The molecule has 3 aliphatic heterocycles. The van der Waals surface area contributed by atoms with Gasteiger partial charge in [-0.3, -0.25) is 4.79 Å². The second-order valence-electron chi connectivity index (χ2n) is 9.96. The van der Waals surface area contributed by atoms with Crippen LogP contribution in [0.2, 0.25) is 0 Å². The zero-order valence-electron chi connectivity index (χ0n) is 21.2. The Morgan fingerprint density at radius 1 is 1.00 bits per heavy atom. The van der Waals surface area contributed by atoms with Crippen molar-refractivity contribution in [2.45, 2.75) is 55.6 Å². The summed E-state index contributed by atoms with van der Waals surface area (Å²) in [6.45, 7) is 0.0353. The van der Waals surface area contributed by atoms with Crippen LogP contribution in [-0.4, -0.2) is 90.9 Å². The third-order valence-corrected chi connectivity index (χ3v) is 7.41. The number of aliphatic hydroxyl groups is 4. The molecule has 1 saturated heterocycles. The summed E-state index contributed by atoms with van der Waals surface area (Å²) in [6.07, 6.45) is -7.58. The summed E-state index contributed by atoms with van der Waals surface area (Å²) in [5.41, 5.74) is -2.67. The minimum absolute atomic E-state index is 0.0345. The summed E-state index contributed by atoms with van der Waals surface area (Å²) < 4.78 is 22.6. The molecule has 2 aromatic carbocycles. The molecule has 13 nitrogen and oxygen atoms in total. The van der Waals surface area contributed by atoms with E-state index in [1.807, 2.05) is 0 Å². The Morgan fingerprint density at radius 3 is 2.35 bits per heavy atom. The first-order valence-electron chi connectivity index (χ1n) is 12.4. The fourth-order valence-electron chi connectivity index (χ4n) is 5.41. The first-order chi connectivity index (χ1) is 18.9. The van der Waals surface area contributed by atoms with E-state index in [1.165, 1.54) is 19.1 Å². The quantitative estimate of drug-likeness (QED) is 0.173. The molecule has 7 N–H and O–H groups in total. The van der Waals surface area contributed by atoms with Crippen LogP contribution in [0.25, 0.3) is 0 Å². The molecule has 0 saturated carbocycles. The van der Waals surface area contributed by atoms with Crippen molar-refractivity contribution in [3.63, 3.8) is 0 Å². The average Bonchev–Trinajstić information content (AvgIpc) is 3.44. The van der Waals surface area contributed by atoms with E-state index in [9.17, 15) is 45.3 Å². The van der Waals surface area contributed by atoms with Crippen LogP contribution in [0.5, 0.6) is 17.2 Å². The zero-order valence-corrected chi connectivity index (χ0v) is 21.2. The Kier molecular flexibility index (Phi) is 6.88. The van der Waals surface area contributed by atoms with Crippen molar-refractivity contribution in [1.82, 2.24) is 0 Å². The van der Waals surface area contributed by atoms with Crippen LogP contribution < -0.4 is 0 Å². The number of hydrogen-bond acceptors (Lipinski definition) is 13. The normalized spacial score (nSPS) is 31.4. The van der Waals surface area contributed by atoms with Gasteiger partial charge in [0.25, 0.3) is 11.5 Å². The number of aliphatic hydroxyl groups excluding tert-OH is 4. The fraction of sp³-hybridized carbons (Fsp3) is 0.407. The second kappa shape index (κ2) is 9.94. The van der Waals surface area contributed by atoms with Gasteiger partial charge in [-0.2, -0.15) is 0 Å². The lowest BCUT2D eigenvalue weighted by Crippen LogP contribution is -2.71. The van der Waals surface area contributed by atoms with Crippen LogP contribution in [0.1, 0.15) is 34.8 Å². The predicted octanol–water partition coefficient (Wildman–Crippen LogP) is -0.181. The van der Waals surface area contributed by atoms with E-state index < -0.39 is 76.8 Å². The number of carbonyl (C=O) groups excluding carboxylic acids is 2. The van der Waals surface area contributed by atoms with Crippen LogP contribution in [0.4, 0.5) is 0 Å². The number of carbonyl (C=O) groups is 2. The van der Waals surface area contributed by atoms with Crippen LogP contribution in [0, 0.1) is 0 Å². The smallest absolute Gasteiger partial charge is 0.377 e. The van der Waals surface area contributed by atoms with Gasteiger partial charge in [0.05, 0.1) is 12.2 Å². The number of rotatable bonds is 7. The predicted molar refractivity (Wildman–Crippen MR) is 131 cm³/mol. The molecule has 0 radical (unpaired) electrons. The van der Waals surface area contributed by atoms with E-state index >= 15 is 0 Å². The number of aromatic hydroxyl groups is 3. The highest BCUT2D eigenvalue weighted by atomic mass is 16.8. The molecular formula is C27H28O13. The maximum absolute atomic E-state index is 13.6. The number of benzene rings is 2. The number of aryl methyl sites for hydroxylation is 1. The summed E-state index contributed by atoms with van der Waals surface area (Å²) in [7, 11) is 0. The van der Waals surface area contributed by atoms with E-state index in [4.69, 9.17) is 18.9 Å². The standard InChI is InChI=1S/C27H28O13/c1-26(38-19-11-37-25(36)23(19)40-26)27(24(35)22(34)21(33)18(10-28)39-27)15-8-14(30)9-17(32)20(15)16(31)7-4-12-2-5-13(29)6-3-12/h2-3,5-6,8-9,18,21-22,24,28-30,32-35H,4,7,10-11H2,1H3/t18-,21-,22+,24-,26?,27-/m1/s1. The number of hydrogen-bond donors (Lipinski definition) is 7. The fourth-order valence-corrected chi connectivity index (χ4v) is 5.41. The van der Waals surface area contributed by atoms with Gasteiger partial charge in [0.1, 0.15) is 41.7 Å². The van der Waals surface area contributed by atoms with Crippen LogP contribution in [-0.2, 0) is 35.8 Å². The summed E-state index contributed by atoms with van der Waals surface area (Å²) in [6, 6.07) is 7.98. The van der Waals surface area contributed by atoms with Gasteiger partial charge in [-0.1, -0.05) is 12.1 Å². The van der Waals surface area contributed by atoms with E-state index in [1.54, 1.807) is 12.1 Å². The van der Waals surface area contributed by atoms with Crippen molar-refractivity contribution >= 4 is 11.8 Å². The SMILES string of the molecule is CC1([C@]2(c3cc(O)cc(O)c3C(=O)CCc3ccc(O)cc3)O[C@H](CO)[C@@H](O)[C@H](O)[C@H]2O)OC2=C(O1)C(=O)OC2. The Bertz CT molecular complexity index is 1370. The van der Waals surface area contributed by atoms with Gasteiger partial charge < -0.3 is 54.7 Å². The maximum Gasteiger partial charge on any atom is 0.377 e. The molecule has 0 bridgehead atoms. The monoisotopic (exact) mass is 560 g/mol. The molecule has 0 aliphatic carbocycles. The van der Waals surface area contributed by atoms with Crippen molar-refractivity contribution in [2.24, 2.45) is 0 Å². The molecule has 1 fully saturated rings. The summed E-state index contributed by atoms with van der Waals surface area (Å²) in [5, 5.41) is 73.7. The third-order valence-electron chi connectivity index (χ3n) is 7.41. The number of esters is 1. The summed E-state index contributed by atoms with van der Waals surface area (Å²) in [5.74, 6) is -5.49. The van der Waals surface area contributed by atoms with E-state index in [-0.39, 0.29) is 36.7 Å². The van der Waals surface area contributed by atoms with E-state index in [0.29, 0.717) is 5.56 Å². The number of ketones is 1. The highest BCUT2D eigenvalue weighted by Gasteiger charge is 2.70. The van der Waals surface area contributed by atoms with Gasteiger partial charge in [-0.15, -0.1) is 0 Å². The molecule has 1 unspecified atom stereocenters. The number of phenols is 3. The number of cyclic esters (lactones) is 1. The highest BCUT2D eigenvalue weighted by molar-refractivity contribution is 6.01. The molecule has 3 aliphatic rings. The minimum atomic E-state index is -2.52. The van der Waals surface area contributed by atoms with Crippen LogP contribution >= 0.6 is 0 Å². The number of phenolic OH excluding ortho intramolecular Hbond substituents is 3. The Labute approximate surface area is 227 Å². The van der Waals surface area contributed by atoms with E-state index in [2.05, 4.69) is 0 Å². The molecule has 0 spiro atoms. The zero-order chi connectivity index (χ0) is 29.0. The second-order valence-corrected chi connectivity index (χ2v) is 9.96. The van der Waals surface area contributed by atoms with Gasteiger partial charge in [0.2, 0.25) is 0 Å². The summed E-state index contributed by atoms with van der Waals surface area (Å²) in [4.78, 5) is 25.9. The molecular weight excluding hydrogens is 532 g/mol. The molecule has 3 heterocycles. The third kappa shape index (κ3) is 4.22. The Balaban J connectivity index is 1.65. The Morgan fingerprint density at radius 2 is 1.70 bits per heavy atom. The first kappa shape index (κ1) is 27.7. The lowest BCUT2D eigenvalue weighted by atomic mass is 9.72. The highest BCUT2D eigenvalue weighted by Crippen LogP contribution is 2.55. The van der Waals surface area contributed by atoms with Gasteiger partial charge in [0.15, 0.2) is 23.8 Å². The van der Waals surface area contributed by atoms with Crippen LogP contribution in [0.15, 0.2) is 47.9 Å². The van der Waals surface area contributed by atoms with Crippen molar-refractivity contribution in [3.8, 4) is 17.2 Å². The molecule has 2 aromatic rings. The lowest BCUT2D eigenvalue weighted by molar-refractivity contribution is -0.370. The number of ether oxygens (including phenoxy) is 4. The van der Waals surface area contributed by atoms with Gasteiger partial charge in [-0.25, -0.2) is 4.79 Å². The first-order valence-corrected chi connectivity index (χ1v) is 12.4. The van der Waals surface area contributed by atoms with Gasteiger partial charge >= 0.3 is 5.97 Å². The van der Waals surface area contributed by atoms with Crippen molar-refractivity contribution in [3.05, 3.63) is 64.6 Å². The molecule has 5 rings (SSSR count). The molecule has 214 valence electrons. The van der Waals surface area contributed by atoms with Crippen LogP contribution in [0.3, 0.4) is 0 Å². The number of Topliss-reactive ketones (excluding diaryl/α,β-unsaturated/α-hetero) is 1. The molecule has 40 heavy (non-hydrogen) atoms. The molecule has 0 amide bonds. The molecule has 0 aromatic heterocycles. The van der Waals surface area contributed by atoms with Gasteiger partial charge in [0, 0.05) is 25.0 Å². The maximum atomic E-state index is 13.6. The Hall–Kier alpha value is -3.88. The minimum Gasteiger partial charge on any atom is -0.508 e. The topological polar surface area (TPSA) is 213 Å². The van der Waals surface area contributed by atoms with Crippen molar-refractivity contribution < 1.29 is 64.3 Å². The van der Waals surface area contributed by atoms with Gasteiger partial charge in [-0.05, 0) is 30.2 Å². The van der Waals surface area contributed by atoms with E-state index in [0.717, 1.165) is 12.1 Å².